The van der Waals surface area contributed by atoms with Gasteiger partial charge in [-0.2, -0.15) is 0 Å². The lowest BCUT2D eigenvalue weighted by Gasteiger charge is -2.27. The Kier molecular flexibility index (Phi) is 16.4. The number of carbonyl (C=O) groups excluding carboxylic acids is 3. The summed E-state index contributed by atoms with van der Waals surface area (Å²) in [6.45, 7) is 2.13. The number of amides is 1. The Balaban J connectivity index is 0.997. The molecule has 1 saturated carbocycles. The third-order valence-electron chi connectivity index (χ3n) is 13.0. The molecule has 348 valence electrons. The summed E-state index contributed by atoms with van der Waals surface area (Å²) in [4.78, 5) is 56.9. The summed E-state index contributed by atoms with van der Waals surface area (Å²) in [6.07, 6.45) is 17.3. The van der Waals surface area contributed by atoms with Crippen molar-refractivity contribution >= 4 is 91.5 Å². The molecular formula is C55H59N3O6S3. The SMILES string of the molecule is CCOC(=O)Cn1c(=O)/c(=C\c2ccc3c(c2)C2CCCC2N3c2ccc(C=C(c3ccccc3)c3ccccc3)cc2)s/c1=C1/SC(=S)N(CCCCCCCCCCCC(=O)OC)C1=O. The van der Waals surface area contributed by atoms with Gasteiger partial charge in [-0.25, -0.2) is 0 Å². The van der Waals surface area contributed by atoms with E-state index in [9.17, 15) is 19.2 Å². The molecule has 67 heavy (non-hydrogen) atoms. The van der Waals surface area contributed by atoms with Crippen LogP contribution in [0, 0.1) is 0 Å². The predicted molar refractivity (Wildman–Crippen MR) is 277 cm³/mol. The number of aromatic nitrogens is 1. The fourth-order valence-electron chi connectivity index (χ4n) is 9.68. The average Bonchev–Trinajstić information content (AvgIpc) is 4.09. The molecule has 0 radical (unpaired) electrons. The van der Waals surface area contributed by atoms with E-state index in [2.05, 4.69) is 102 Å². The van der Waals surface area contributed by atoms with E-state index in [4.69, 9.17) is 21.7 Å². The summed E-state index contributed by atoms with van der Waals surface area (Å²) < 4.78 is 12.7. The predicted octanol–water partition coefficient (Wildman–Crippen LogP) is 10.7. The molecule has 2 aliphatic heterocycles. The van der Waals surface area contributed by atoms with Crippen molar-refractivity contribution in [3.63, 3.8) is 0 Å². The molecule has 3 aliphatic rings. The lowest BCUT2D eigenvalue weighted by Crippen LogP contribution is -2.36. The van der Waals surface area contributed by atoms with Gasteiger partial charge in [-0.1, -0.05) is 154 Å². The number of esters is 2. The van der Waals surface area contributed by atoms with Crippen molar-refractivity contribution in [1.29, 1.82) is 0 Å². The first-order valence-electron chi connectivity index (χ1n) is 23.8. The Morgan fingerprint density at radius 3 is 2.07 bits per heavy atom. The van der Waals surface area contributed by atoms with Gasteiger partial charge in [0.15, 0.2) is 0 Å². The van der Waals surface area contributed by atoms with E-state index < -0.39 is 5.97 Å². The molecule has 8 rings (SSSR count). The van der Waals surface area contributed by atoms with Crippen LogP contribution in [0.5, 0.6) is 0 Å². The second kappa shape index (κ2) is 23.0. The number of thiazole rings is 1. The number of unbranched alkanes of at least 4 members (excludes halogenated alkanes) is 8. The van der Waals surface area contributed by atoms with Crippen LogP contribution in [-0.4, -0.2) is 57.9 Å². The Hall–Kier alpha value is -5.56. The fraction of sp³-hybridized carbons (Fsp3) is 0.364. The summed E-state index contributed by atoms with van der Waals surface area (Å²) in [5.41, 5.74) is 8.86. The number of hydrogen-bond donors (Lipinski definition) is 0. The van der Waals surface area contributed by atoms with Crippen molar-refractivity contribution < 1.29 is 23.9 Å². The first-order chi connectivity index (χ1) is 32.7. The van der Waals surface area contributed by atoms with Gasteiger partial charge >= 0.3 is 11.9 Å². The number of methoxy groups -OCH3 is 1. The van der Waals surface area contributed by atoms with Crippen molar-refractivity contribution in [1.82, 2.24) is 9.47 Å². The molecule has 2 atom stereocenters. The van der Waals surface area contributed by atoms with Gasteiger partial charge in [-0.3, -0.25) is 28.6 Å². The highest BCUT2D eigenvalue weighted by atomic mass is 32.2. The van der Waals surface area contributed by atoms with E-state index in [0.717, 1.165) is 93.9 Å². The lowest BCUT2D eigenvalue weighted by molar-refractivity contribution is -0.144. The summed E-state index contributed by atoms with van der Waals surface area (Å²) in [5.74, 6) is -0.535. The van der Waals surface area contributed by atoms with Crippen molar-refractivity contribution in [2.24, 2.45) is 0 Å². The maximum atomic E-state index is 14.2. The number of carbonyl (C=O) groups is 3. The molecule has 1 saturated heterocycles. The van der Waals surface area contributed by atoms with Crippen LogP contribution in [0.25, 0.3) is 22.6 Å². The number of nitrogens with zero attached hydrogens (tertiary/aromatic N) is 3. The number of fused-ring (bicyclic) bond motifs is 3. The number of thioether (sulfide) groups is 1. The van der Waals surface area contributed by atoms with Crippen LogP contribution in [0.15, 0.2) is 108 Å². The quantitative estimate of drug-likeness (QED) is 0.0327. The molecule has 12 heteroatoms. The molecule has 0 spiro atoms. The smallest absolute Gasteiger partial charge is 0.326 e. The number of anilines is 2. The minimum Gasteiger partial charge on any atom is -0.469 e. The first kappa shape index (κ1) is 47.9. The summed E-state index contributed by atoms with van der Waals surface area (Å²) in [5, 5.41) is 0. The molecule has 0 N–H and O–H groups in total. The first-order valence-corrected chi connectivity index (χ1v) is 25.9. The van der Waals surface area contributed by atoms with Crippen molar-refractivity contribution in [3.8, 4) is 0 Å². The number of ether oxygens (including phenoxy) is 2. The van der Waals surface area contributed by atoms with E-state index >= 15 is 0 Å². The Morgan fingerprint density at radius 1 is 0.776 bits per heavy atom. The zero-order valence-corrected chi connectivity index (χ0v) is 40.9. The van der Waals surface area contributed by atoms with Crippen molar-refractivity contribution in [3.05, 3.63) is 150 Å². The van der Waals surface area contributed by atoms with Gasteiger partial charge in [0.2, 0.25) is 0 Å². The minimum atomic E-state index is -0.534. The average molecular weight is 954 g/mol. The van der Waals surface area contributed by atoms with Crippen LogP contribution in [0.2, 0.25) is 0 Å². The van der Waals surface area contributed by atoms with Crippen LogP contribution < -0.4 is 19.7 Å². The topological polar surface area (TPSA) is 98.2 Å². The Labute approximate surface area is 407 Å². The fourth-order valence-corrected chi connectivity index (χ4v) is 12.3. The second-order valence-electron chi connectivity index (χ2n) is 17.4. The standard InChI is InChI=1S/C55H59N3O6S3/c1-3-64-50(60)37-57-52(61)48(66-54(57)51-53(62)56(55(65)67-51)33-18-10-8-6-4-5-7-9-17-26-49(59)63-2)36-39-29-32-47-45(35-39)43-24-19-25-46(43)58(47)42-30-27-38(28-31-42)34-44(40-20-13-11-14-21-40)41-22-15-12-16-23-41/h11-16,20-23,27-32,34-36,43,46H,3-10,17-19,24-26,33,37H2,1-2H3/b48-36+,54-51+. The highest BCUT2D eigenvalue weighted by molar-refractivity contribution is 8.30. The third kappa shape index (κ3) is 11.4. The molecular weight excluding hydrogens is 895 g/mol. The monoisotopic (exact) mass is 953 g/mol. The Morgan fingerprint density at radius 2 is 1.42 bits per heavy atom. The van der Waals surface area contributed by atoms with E-state index in [1.54, 1.807) is 11.8 Å². The molecule has 9 nitrogen and oxygen atoms in total. The zero-order chi connectivity index (χ0) is 46.7. The van der Waals surface area contributed by atoms with Crippen LogP contribution in [0.1, 0.15) is 124 Å². The van der Waals surface area contributed by atoms with Crippen LogP contribution in [-0.2, 0) is 30.4 Å². The summed E-state index contributed by atoms with van der Waals surface area (Å²) >= 11 is 8.15. The van der Waals surface area contributed by atoms with Gasteiger partial charge in [-0.05, 0) is 102 Å². The maximum Gasteiger partial charge on any atom is 0.326 e. The number of benzene rings is 4. The summed E-state index contributed by atoms with van der Waals surface area (Å²) in [7, 11) is 1.43. The molecule has 4 aromatic carbocycles. The van der Waals surface area contributed by atoms with Gasteiger partial charge in [0.25, 0.3) is 11.5 Å². The van der Waals surface area contributed by atoms with Crippen LogP contribution in [0.4, 0.5) is 11.4 Å². The Bertz CT molecular complexity index is 2740. The lowest BCUT2D eigenvalue weighted by atomic mass is 9.95. The highest BCUT2D eigenvalue weighted by Gasteiger charge is 2.42. The molecule has 2 unspecified atom stereocenters. The minimum absolute atomic E-state index is 0.144. The van der Waals surface area contributed by atoms with E-state index in [1.165, 1.54) is 62.7 Å². The van der Waals surface area contributed by atoms with Gasteiger partial charge in [0, 0.05) is 36.3 Å². The van der Waals surface area contributed by atoms with E-state index in [0.29, 0.717) is 43.3 Å². The molecule has 5 aromatic rings. The molecule has 1 amide bonds. The maximum absolute atomic E-state index is 14.2. The van der Waals surface area contributed by atoms with Gasteiger partial charge in [0.1, 0.15) is 20.4 Å². The highest BCUT2D eigenvalue weighted by Crippen LogP contribution is 2.52. The van der Waals surface area contributed by atoms with E-state index in [-0.39, 0.29) is 30.6 Å². The molecule has 2 fully saturated rings. The summed E-state index contributed by atoms with van der Waals surface area (Å²) in [6, 6.07) is 36.7. The molecule has 3 heterocycles. The number of thiocarbonyl (C=S) groups is 1. The molecule has 1 aliphatic carbocycles. The second-order valence-corrected chi connectivity index (χ2v) is 20.1. The molecule has 1 aromatic heterocycles. The van der Waals surface area contributed by atoms with Crippen molar-refractivity contribution in [2.45, 2.75) is 109 Å². The van der Waals surface area contributed by atoms with Gasteiger partial charge in [-0.15, -0.1) is 11.3 Å². The number of hydrogen-bond acceptors (Lipinski definition) is 10. The van der Waals surface area contributed by atoms with Crippen LogP contribution >= 0.6 is 35.3 Å². The van der Waals surface area contributed by atoms with Gasteiger partial charge in [0.05, 0.1) is 18.2 Å². The zero-order valence-electron chi connectivity index (χ0n) is 38.5. The third-order valence-corrected chi connectivity index (χ3v) is 15.7. The van der Waals surface area contributed by atoms with Crippen LogP contribution in [0.3, 0.4) is 0 Å². The van der Waals surface area contributed by atoms with Crippen molar-refractivity contribution in [2.75, 3.05) is 25.2 Å². The van der Waals surface area contributed by atoms with Gasteiger partial charge < -0.3 is 14.4 Å². The molecule has 0 bridgehead atoms. The number of rotatable bonds is 20. The largest absolute Gasteiger partial charge is 0.469 e. The van der Waals surface area contributed by atoms with E-state index in [1.807, 2.05) is 18.2 Å². The normalized spacial score (nSPS) is 17.5.